The third kappa shape index (κ3) is 6.53. The fourth-order valence-electron chi connectivity index (χ4n) is 4.90. The number of rotatable bonds is 11. The van der Waals surface area contributed by atoms with Crippen molar-refractivity contribution in [1.82, 2.24) is 9.88 Å². The van der Waals surface area contributed by atoms with E-state index in [0.717, 1.165) is 44.6 Å². The topological polar surface area (TPSA) is 62.7 Å². The molecule has 0 saturated carbocycles. The summed E-state index contributed by atoms with van der Waals surface area (Å²) in [7, 11) is 0. The molecule has 0 atom stereocenters. The highest BCUT2D eigenvalue weighted by atomic mass is 19.1. The fourth-order valence-corrected chi connectivity index (χ4v) is 4.90. The molecule has 0 aliphatic heterocycles. The molecule has 0 saturated heterocycles. The molecule has 0 amide bonds. The molecule has 4 aromatic carbocycles. The lowest BCUT2D eigenvalue weighted by Gasteiger charge is -2.23. The number of pyridine rings is 1. The highest BCUT2D eigenvalue weighted by Crippen LogP contribution is 2.32. The highest BCUT2D eigenvalue weighted by Gasteiger charge is 2.15. The Hall–Kier alpha value is -4.55. The summed E-state index contributed by atoms with van der Waals surface area (Å²) in [5.41, 5.74) is 6.44. The van der Waals surface area contributed by atoms with Crippen molar-refractivity contribution in [2.45, 2.75) is 26.4 Å². The molecule has 5 nitrogen and oxygen atoms in total. The van der Waals surface area contributed by atoms with E-state index in [4.69, 9.17) is 9.72 Å². The molecule has 40 heavy (non-hydrogen) atoms. The van der Waals surface area contributed by atoms with Crippen LogP contribution in [-0.4, -0.2) is 34.1 Å². The van der Waals surface area contributed by atoms with Gasteiger partial charge in [0, 0.05) is 36.1 Å². The van der Waals surface area contributed by atoms with Crippen LogP contribution in [0.5, 0.6) is 5.75 Å². The summed E-state index contributed by atoms with van der Waals surface area (Å²) in [6, 6.07) is 32.7. The van der Waals surface area contributed by atoms with E-state index in [1.165, 1.54) is 12.1 Å². The van der Waals surface area contributed by atoms with Gasteiger partial charge in [-0.25, -0.2) is 9.37 Å². The second kappa shape index (κ2) is 12.5. The maximum absolute atomic E-state index is 14.3. The SMILES string of the molecule is CCOc1ccccc1-c1ccc(-c2cc(CN(CCC(=O)O)Cc3ccccc3)c3cc(F)ccc3n2)cc1. The van der Waals surface area contributed by atoms with E-state index in [0.29, 0.717) is 31.8 Å². The van der Waals surface area contributed by atoms with Crippen LogP contribution in [0.15, 0.2) is 103 Å². The molecule has 6 heteroatoms. The summed E-state index contributed by atoms with van der Waals surface area (Å²) < 4.78 is 20.2. The van der Waals surface area contributed by atoms with Crippen LogP contribution in [0, 0.1) is 5.82 Å². The zero-order valence-electron chi connectivity index (χ0n) is 22.4. The quantitative estimate of drug-likeness (QED) is 0.189. The maximum Gasteiger partial charge on any atom is 0.304 e. The molecular formula is C34H31FN2O3. The molecule has 1 N–H and O–H groups in total. The number of nitrogens with zero attached hydrogens (tertiary/aromatic N) is 2. The van der Waals surface area contributed by atoms with Crippen molar-refractivity contribution in [3.63, 3.8) is 0 Å². The molecule has 0 unspecified atom stereocenters. The van der Waals surface area contributed by atoms with Crippen molar-refractivity contribution >= 4 is 16.9 Å². The van der Waals surface area contributed by atoms with Gasteiger partial charge >= 0.3 is 5.97 Å². The number of para-hydroxylation sites is 1. The van der Waals surface area contributed by atoms with Gasteiger partial charge in [-0.15, -0.1) is 0 Å². The van der Waals surface area contributed by atoms with Crippen molar-refractivity contribution in [1.29, 1.82) is 0 Å². The molecule has 1 heterocycles. The Morgan fingerprint density at radius 1 is 0.875 bits per heavy atom. The van der Waals surface area contributed by atoms with Crippen molar-refractivity contribution in [2.24, 2.45) is 0 Å². The van der Waals surface area contributed by atoms with Crippen LogP contribution in [0.4, 0.5) is 4.39 Å². The third-order valence-electron chi connectivity index (χ3n) is 6.82. The van der Waals surface area contributed by atoms with E-state index in [-0.39, 0.29) is 12.2 Å². The van der Waals surface area contributed by atoms with Gasteiger partial charge in [-0.05, 0) is 53.9 Å². The van der Waals surface area contributed by atoms with E-state index in [1.807, 2.05) is 79.7 Å². The number of carboxylic acid groups (broad SMARTS) is 1. The van der Waals surface area contributed by atoms with Gasteiger partial charge in [0.05, 0.1) is 24.2 Å². The minimum atomic E-state index is -0.851. The Bertz CT molecular complexity index is 1600. The molecule has 0 bridgehead atoms. The lowest BCUT2D eigenvalue weighted by atomic mass is 9.99. The Kier molecular flexibility index (Phi) is 8.47. The van der Waals surface area contributed by atoms with Gasteiger partial charge in [0.15, 0.2) is 0 Å². The van der Waals surface area contributed by atoms with E-state index in [9.17, 15) is 14.3 Å². The first-order valence-corrected chi connectivity index (χ1v) is 13.4. The minimum Gasteiger partial charge on any atom is -0.493 e. The molecule has 5 aromatic rings. The number of carboxylic acids is 1. The summed E-state index contributed by atoms with van der Waals surface area (Å²) >= 11 is 0. The number of halogens is 1. The first-order valence-electron chi connectivity index (χ1n) is 13.4. The van der Waals surface area contributed by atoms with Gasteiger partial charge in [-0.3, -0.25) is 9.69 Å². The number of carbonyl (C=O) groups is 1. The number of hydrogen-bond acceptors (Lipinski definition) is 4. The van der Waals surface area contributed by atoms with Gasteiger partial charge in [-0.2, -0.15) is 0 Å². The van der Waals surface area contributed by atoms with Gasteiger partial charge < -0.3 is 9.84 Å². The smallest absolute Gasteiger partial charge is 0.304 e. The number of aromatic nitrogens is 1. The van der Waals surface area contributed by atoms with Gasteiger partial charge in [0.25, 0.3) is 0 Å². The first kappa shape index (κ1) is 27.0. The first-order chi connectivity index (χ1) is 19.5. The van der Waals surface area contributed by atoms with Crippen LogP contribution < -0.4 is 4.74 Å². The van der Waals surface area contributed by atoms with Crippen LogP contribution in [0.2, 0.25) is 0 Å². The Labute approximate surface area is 233 Å². The van der Waals surface area contributed by atoms with E-state index >= 15 is 0 Å². The lowest BCUT2D eigenvalue weighted by molar-refractivity contribution is -0.137. The van der Waals surface area contributed by atoms with E-state index in [2.05, 4.69) is 17.0 Å². The number of fused-ring (bicyclic) bond motifs is 1. The third-order valence-corrected chi connectivity index (χ3v) is 6.82. The summed E-state index contributed by atoms with van der Waals surface area (Å²) in [5, 5.41) is 10.1. The molecular weight excluding hydrogens is 503 g/mol. The van der Waals surface area contributed by atoms with Crippen molar-refractivity contribution in [3.05, 3.63) is 120 Å². The zero-order valence-corrected chi connectivity index (χ0v) is 22.4. The summed E-state index contributed by atoms with van der Waals surface area (Å²) in [6.07, 6.45) is 0.0156. The predicted molar refractivity (Wildman–Crippen MR) is 157 cm³/mol. The van der Waals surface area contributed by atoms with Gasteiger partial charge in [0.2, 0.25) is 0 Å². The number of hydrogen-bond donors (Lipinski definition) is 1. The average Bonchev–Trinajstić information content (AvgIpc) is 2.97. The predicted octanol–water partition coefficient (Wildman–Crippen LogP) is 7.58. The minimum absolute atomic E-state index is 0.0156. The molecule has 0 spiro atoms. The van der Waals surface area contributed by atoms with Crippen molar-refractivity contribution < 1.29 is 19.0 Å². The number of ether oxygens (including phenoxy) is 1. The van der Waals surface area contributed by atoms with Crippen LogP contribution >= 0.6 is 0 Å². The van der Waals surface area contributed by atoms with Gasteiger partial charge in [-0.1, -0.05) is 72.8 Å². The summed E-state index contributed by atoms with van der Waals surface area (Å²) in [4.78, 5) is 18.3. The van der Waals surface area contributed by atoms with Crippen LogP contribution in [0.1, 0.15) is 24.5 Å². The van der Waals surface area contributed by atoms with Crippen molar-refractivity contribution in [3.8, 4) is 28.1 Å². The second-order valence-corrected chi connectivity index (χ2v) is 9.67. The normalized spacial score (nSPS) is 11.2. The summed E-state index contributed by atoms with van der Waals surface area (Å²) in [5.74, 6) is -0.345. The molecule has 0 aliphatic rings. The van der Waals surface area contributed by atoms with Gasteiger partial charge in [0.1, 0.15) is 11.6 Å². The molecule has 0 radical (unpaired) electrons. The fraction of sp³-hybridized carbons (Fsp3) is 0.176. The standard InChI is InChI=1S/C34H31FN2O3/c1-2-40-33-11-7-6-10-29(33)25-12-14-26(15-13-25)32-20-27(30-21-28(35)16-17-31(30)36-32)23-37(19-18-34(38)39)22-24-8-4-3-5-9-24/h3-17,20-21H,2,18-19,22-23H2,1H3,(H,38,39). The van der Waals surface area contributed by atoms with Crippen LogP contribution in [0.25, 0.3) is 33.3 Å². The van der Waals surface area contributed by atoms with Crippen molar-refractivity contribution in [2.75, 3.05) is 13.2 Å². The molecule has 5 rings (SSSR count). The Morgan fingerprint density at radius 3 is 2.35 bits per heavy atom. The number of aliphatic carboxylic acids is 1. The van der Waals surface area contributed by atoms with E-state index < -0.39 is 5.97 Å². The lowest BCUT2D eigenvalue weighted by Crippen LogP contribution is -2.26. The zero-order chi connectivity index (χ0) is 27.9. The molecule has 202 valence electrons. The Balaban J connectivity index is 1.50. The monoisotopic (exact) mass is 534 g/mol. The highest BCUT2D eigenvalue weighted by molar-refractivity contribution is 5.85. The van der Waals surface area contributed by atoms with Crippen LogP contribution in [0.3, 0.4) is 0 Å². The van der Waals surface area contributed by atoms with E-state index in [1.54, 1.807) is 6.07 Å². The number of benzene rings is 4. The average molecular weight is 535 g/mol. The molecule has 0 fully saturated rings. The molecule has 0 aliphatic carbocycles. The molecule has 1 aromatic heterocycles. The maximum atomic E-state index is 14.3. The van der Waals surface area contributed by atoms with Crippen LogP contribution in [-0.2, 0) is 17.9 Å². The second-order valence-electron chi connectivity index (χ2n) is 9.67. The Morgan fingerprint density at radius 2 is 1.60 bits per heavy atom. The largest absolute Gasteiger partial charge is 0.493 e. The summed E-state index contributed by atoms with van der Waals surface area (Å²) in [6.45, 7) is 3.96.